The number of aromatic nitrogens is 2. The summed E-state index contributed by atoms with van der Waals surface area (Å²) in [5, 5.41) is 0. The number of oxazole rings is 1. The van der Waals surface area contributed by atoms with Gasteiger partial charge in [-0.2, -0.15) is 0 Å². The molecule has 0 aliphatic heterocycles. The van der Waals surface area contributed by atoms with Crippen LogP contribution in [0.15, 0.2) is 41.4 Å². The molecule has 2 aromatic rings. The van der Waals surface area contributed by atoms with Gasteiger partial charge in [0.1, 0.15) is 12.8 Å². The molecule has 0 atom stereocenters. The molecule has 72 valence electrons. The van der Waals surface area contributed by atoms with Crippen molar-refractivity contribution in [1.82, 2.24) is 4.98 Å². The van der Waals surface area contributed by atoms with Gasteiger partial charge in [-0.1, -0.05) is 6.92 Å². The second-order valence-electron chi connectivity index (χ2n) is 3.16. The quantitative estimate of drug-likeness (QED) is 0.691. The average molecular weight is 189 g/mol. The molecule has 0 radical (unpaired) electrons. The van der Waals surface area contributed by atoms with Crippen molar-refractivity contribution in [3.8, 4) is 11.5 Å². The molecule has 0 aliphatic rings. The van der Waals surface area contributed by atoms with Gasteiger partial charge >= 0.3 is 0 Å². The zero-order valence-electron chi connectivity index (χ0n) is 8.18. The maximum absolute atomic E-state index is 5.20. The van der Waals surface area contributed by atoms with Gasteiger partial charge in [-0.05, 0) is 0 Å². The first-order valence-corrected chi connectivity index (χ1v) is 4.79. The van der Waals surface area contributed by atoms with E-state index in [1.54, 1.807) is 12.5 Å². The lowest BCUT2D eigenvalue weighted by atomic mass is 10.2. The SMILES string of the molecule is CCC[n+]1ccc(-c2ncco2)cc1. The van der Waals surface area contributed by atoms with Gasteiger partial charge in [0, 0.05) is 24.1 Å². The van der Waals surface area contributed by atoms with E-state index in [2.05, 4.69) is 16.5 Å². The van der Waals surface area contributed by atoms with Gasteiger partial charge < -0.3 is 4.42 Å². The first-order chi connectivity index (χ1) is 6.90. The van der Waals surface area contributed by atoms with E-state index in [0.717, 1.165) is 18.5 Å². The number of hydrogen-bond donors (Lipinski definition) is 0. The standard InChI is InChI=1S/C11H13N2O/c1-2-6-13-7-3-10(4-8-13)11-12-5-9-14-11/h3-5,7-9H,2,6H2,1H3/q+1. The summed E-state index contributed by atoms with van der Waals surface area (Å²) < 4.78 is 7.34. The molecule has 0 aliphatic carbocycles. The maximum atomic E-state index is 5.20. The van der Waals surface area contributed by atoms with E-state index in [-0.39, 0.29) is 0 Å². The van der Waals surface area contributed by atoms with Crippen LogP contribution in [-0.4, -0.2) is 4.98 Å². The molecule has 0 saturated carbocycles. The summed E-state index contributed by atoms with van der Waals surface area (Å²) in [6, 6.07) is 4.03. The minimum absolute atomic E-state index is 0.675. The zero-order valence-corrected chi connectivity index (χ0v) is 8.18. The van der Waals surface area contributed by atoms with Crippen molar-refractivity contribution in [3.05, 3.63) is 37.0 Å². The maximum Gasteiger partial charge on any atom is 0.226 e. The van der Waals surface area contributed by atoms with Crippen LogP contribution in [0.5, 0.6) is 0 Å². The molecule has 2 heterocycles. The number of nitrogens with zero attached hydrogens (tertiary/aromatic N) is 2. The highest BCUT2D eigenvalue weighted by molar-refractivity contribution is 5.50. The Morgan fingerprint density at radius 3 is 2.71 bits per heavy atom. The normalized spacial score (nSPS) is 10.4. The molecule has 0 bridgehead atoms. The fourth-order valence-corrected chi connectivity index (χ4v) is 1.37. The predicted octanol–water partition coefficient (Wildman–Crippen LogP) is 2.04. The van der Waals surface area contributed by atoms with E-state index in [1.165, 1.54) is 0 Å². The number of aryl methyl sites for hydroxylation is 1. The van der Waals surface area contributed by atoms with Crippen LogP contribution in [0.2, 0.25) is 0 Å². The van der Waals surface area contributed by atoms with Crippen LogP contribution in [0.25, 0.3) is 11.5 Å². The molecule has 0 spiro atoms. The molecule has 3 heteroatoms. The van der Waals surface area contributed by atoms with Crippen LogP contribution in [0.4, 0.5) is 0 Å². The van der Waals surface area contributed by atoms with Crippen molar-refractivity contribution < 1.29 is 8.98 Å². The van der Waals surface area contributed by atoms with E-state index < -0.39 is 0 Å². The molecule has 3 nitrogen and oxygen atoms in total. The van der Waals surface area contributed by atoms with E-state index in [0.29, 0.717) is 5.89 Å². The monoisotopic (exact) mass is 189 g/mol. The van der Waals surface area contributed by atoms with E-state index in [1.807, 2.05) is 24.5 Å². The number of hydrogen-bond acceptors (Lipinski definition) is 2. The van der Waals surface area contributed by atoms with Crippen molar-refractivity contribution in [3.63, 3.8) is 0 Å². The Morgan fingerprint density at radius 2 is 2.14 bits per heavy atom. The highest BCUT2D eigenvalue weighted by Crippen LogP contribution is 2.13. The van der Waals surface area contributed by atoms with Gasteiger partial charge in [-0.25, -0.2) is 9.55 Å². The summed E-state index contributed by atoms with van der Waals surface area (Å²) in [7, 11) is 0. The molecular formula is C11H13N2O+. The molecule has 0 aromatic carbocycles. The third-order valence-corrected chi connectivity index (χ3v) is 2.05. The summed E-state index contributed by atoms with van der Waals surface area (Å²) >= 11 is 0. The van der Waals surface area contributed by atoms with Gasteiger partial charge in [-0.3, -0.25) is 0 Å². The minimum atomic E-state index is 0.675. The van der Waals surface area contributed by atoms with Gasteiger partial charge in [0.05, 0.1) is 6.20 Å². The summed E-state index contributed by atoms with van der Waals surface area (Å²) in [5.74, 6) is 0.675. The summed E-state index contributed by atoms with van der Waals surface area (Å²) in [6.07, 6.45) is 8.47. The van der Waals surface area contributed by atoms with E-state index in [4.69, 9.17) is 4.42 Å². The van der Waals surface area contributed by atoms with E-state index in [9.17, 15) is 0 Å². The smallest absolute Gasteiger partial charge is 0.226 e. The Morgan fingerprint density at radius 1 is 1.36 bits per heavy atom. The zero-order chi connectivity index (χ0) is 9.80. The molecule has 0 N–H and O–H groups in total. The Hall–Kier alpha value is -1.64. The van der Waals surface area contributed by atoms with Crippen LogP contribution in [-0.2, 0) is 6.54 Å². The van der Waals surface area contributed by atoms with Crippen molar-refractivity contribution >= 4 is 0 Å². The average Bonchev–Trinajstić information content (AvgIpc) is 2.72. The van der Waals surface area contributed by atoms with Gasteiger partial charge in [0.15, 0.2) is 12.4 Å². The van der Waals surface area contributed by atoms with E-state index >= 15 is 0 Å². The number of rotatable bonds is 3. The van der Waals surface area contributed by atoms with Gasteiger partial charge in [-0.15, -0.1) is 0 Å². The topological polar surface area (TPSA) is 29.9 Å². The summed E-state index contributed by atoms with van der Waals surface area (Å²) in [4.78, 5) is 4.09. The molecular weight excluding hydrogens is 176 g/mol. The van der Waals surface area contributed by atoms with Crippen LogP contribution in [0.1, 0.15) is 13.3 Å². The Kier molecular flexibility index (Phi) is 2.58. The molecule has 0 fully saturated rings. The van der Waals surface area contributed by atoms with Crippen molar-refractivity contribution in [2.45, 2.75) is 19.9 Å². The van der Waals surface area contributed by atoms with Crippen molar-refractivity contribution in [1.29, 1.82) is 0 Å². The highest BCUT2D eigenvalue weighted by Gasteiger charge is 2.04. The fraction of sp³-hybridized carbons (Fsp3) is 0.273. The largest absolute Gasteiger partial charge is 0.445 e. The lowest BCUT2D eigenvalue weighted by Crippen LogP contribution is -2.31. The van der Waals surface area contributed by atoms with Gasteiger partial charge in [0.25, 0.3) is 0 Å². The highest BCUT2D eigenvalue weighted by atomic mass is 16.3. The third-order valence-electron chi connectivity index (χ3n) is 2.05. The predicted molar refractivity (Wildman–Crippen MR) is 52.4 cm³/mol. The van der Waals surface area contributed by atoms with Gasteiger partial charge in [0.2, 0.25) is 5.89 Å². The Balaban J connectivity index is 2.22. The van der Waals surface area contributed by atoms with Crippen molar-refractivity contribution in [2.75, 3.05) is 0 Å². The lowest BCUT2D eigenvalue weighted by molar-refractivity contribution is -0.696. The first kappa shape index (κ1) is 8.94. The van der Waals surface area contributed by atoms with Crippen LogP contribution in [0, 0.1) is 0 Å². The summed E-state index contributed by atoms with van der Waals surface area (Å²) in [6.45, 7) is 3.21. The molecule has 0 unspecified atom stereocenters. The molecule has 14 heavy (non-hydrogen) atoms. The third kappa shape index (κ3) is 1.82. The van der Waals surface area contributed by atoms with Crippen LogP contribution in [0.3, 0.4) is 0 Å². The van der Waals surface area contributed by atoms with Crippen LogP contribution >= 0.6 is 0 Å². The first-order valence-electron chi connectivity index (χ1n) is 4.79. The number of pyridine rings is 1. The second kappa shape index (κ2) is 4.05. The van der Waals surface area contributed by atoms with Crippen molar-refractivity contribution in [2.24, 2.45) is 0 Å². The Bertz CT molecular complexity index is 378. The summed E-state index contributed by atoms with van der Waals surface area (Å²) in [5.41, 5.74) is 1.02. The Labute approximate surface area is 83.0 Å². The molecule has 0 amide bonds. The molecule has 2 aromatic heterocycles. The molecule has 2 rings (SSSR count). The fourth-order valence-electron chi connectivity index (χ4n) is 1.37. The van der Waals surface area contributed by atoms with Crippen LogP contribution < -0.4 is 4.57 Å². The second-order valence-corrected chi connectivity index (χ2v) is 3.16. The lowest BCUT2D eigenvalue weighted by Gasteiger charge is -1.95. The minimum Gasteiger partial charge on any atom is -0.445 e. The molecule has 0 saturated heterocycles.